The van der Waals surface area contributed by atoms with Crippen molar-refractivity contribution in [1.29, 1.82) is 0 Å². The average Bonchev–Trinajstić information content (AvgIpc) is 4.00. The van der Waals surface area contributed by atoms with Crippen molar-refractivity contribution in [3.63, 3.8) is 0 Å². The van der Waals surface area contributed by atoms with E-state index in [1.165, 1.54) is 5.69 Å². The molecule has 3 saturated heterocycles. The quantitative estimate of drug-likeness (QED) is 0.121. The minimum absolute atomic E-state index is 0.0724. The molecule has 4 amide bonds. The number of fused-ring (bicyclic) bond motifs is 1. The number of benzene rings is 2. The summed E-state index contributed by atoms with van der Waals surface area (Å²) in [5.74, 6) is 1.37. The number of pyridine rings is 1. The largest absolute Gasteiger partial charge is 0.380 e. The van der Waals surface area contributed by atoms with Crippen LogP contribution in [0.5, 0.6) is 0 Å². The van der Waals surface area contributed by atoms with E-state index in [-0.39, 0.29) is 29.3 Å². The average molecular weight is 881 g/mol. The van der Waals surface area contributed by atoms with Gasteiger partial charge in [-0.3, -0.25) is 24.7 Å². The summed E-state index contributed by atoms with van der Waals surface area (Å²) in [6, 6.07) is 19.7. The van der Waals surface area contributed by atoms with Gasteiger partial charge in [-0.2, -0.15) is 4.98 Å². The van der Waals surface area contributed by atoms with Crippen LogP contribution < -0.4 is 25.3 Å². The van der Waals surface area contributed by atoms with Crippen molar-refractivity contribution in [3.05, 3.63) is 96.0 Å². The highest BCUT2D eigenvalue weighted by atomic mass is 16.5. The Bertz CT molecular complexity index is 2660. The van der Waals surface area contributed by atoms with E-state index in [2.05, 4.69) is 75.8 Å². The fraction of sp³-hybridized carbons (Fsp3) is 0.417. The highest BCUT2D eigenvalue weighted by molar-refractivity contribution is 6.05. The number of anilines is 3. The number of hydrogen-bond donors (Lipinski definition) is 3. The molecular weight excluding hydrogens is 825 g/mol. The van der Waals surface area contributed by atoms with E-state index in [9.17, 15) is 14.4 Å². The van der Waals surface area contributed by atoms with Crippen molar-refractivity contribution in [2.75, 3.05) is 74.2 Å². The van der Waals surface area contributed by atoms with E-state index in [1.807, 2.05) is 64.2 Å². The maximum Gasteiger partial charge on any atom is 0.328 e. The molecule has 6 aromatic rings. The van der Waals surface area contributed by atoms with Crippen LogP contribution in [-0.2, 0) is 21.6 Å². The summed E-state index contributed by atoms with van der Waals surface area (Å²) in [5, 5.41) is 10.3. The van der Waals surface area contributed by atoms with Gasteiger partial charge >= 0.3 is 17.8 Å². The van der Waals surface area contributed by atoms with Crippen LogP contribution in [0.15, 0.2) is 77.7 Å². The Morgan fingerprint density at radius 1 is 0.892 bits per heavy atom. The monoisotopic (exact) mass is 880 g/mol. The lowest BCUT2D eigenvalue weighted by Gasteiger charge is -2.39. The minimum Gasteiger partial charge on any atom is -0.380 e. The molecular formula is C48H56N12O5. The first-order valence-corrected chi connectivity index (χ1v) is 22.4. The first-order chi connectivity index (χ1) is 31.4. The third-order valence-corrected chi connectivity index (χ3v) is 12.7. The molecule has 3 aliphatic heterocycles. The second kappa shape index (κ2) is 18.4. The molecule has 65 heavy (non-hydrogen) atoms. The van der Waals surface area contributed by atoms with Gasteiger partial charge < -0.3 is 29.4 Å². The van der Waals surface area contributed by atoms with Gasteiger partial charge in [0.1, 0.15) is 17.8 Å². The molecule has 1 unspecified atom stereocenters. The molecule has 0 saturated carbocycles. The lowest BCUT2D eigenvalue weighted by Crippen LogP contribution is -2.49. The number of carbonyl (C=O) groups excluding carboxylic acids is 3. The molecule has 0 radical (unpaired) electrons. The van der Waals surface area contributed by atoms with Gasteiger partial charge in [0.15, 0.2) is 5.82 Å². The van der Waals surface area contributed by atoms with E-state index in [0.717, 1.165) is 115 Å². The Balaban J connectivity index is 0.785. The van der Waals surface area contributed by atoms with Gasteiger partial charge in [-0.15, -0.1) is 0 Å². The molecule has 7 heterocycles. The van der Waals surface area contributed by atoms with Gasteiger partial charge in [-0.05, 0) is 85.3 Å². The van der Waals surface area contributed by atoms with Gasteiger partial charge in [-0.25, -0.2) is 19.7 Å². The predicted octanol–water partition coefficient (Wildman–Crippen LogP) is 6.49. The number of piperazine rings is 1. The zero-order valence-corrected chi connectivity index (χ0v) is 37.6. The number of aromatic amines is 1. The molecule has 338 valence electrons. The second-order valence-electron chi connectivity index (χ2n) is 18.3. The minimum atomic E-state index is -0.440. The molecule has 3 aliphatic rings. The van der Waals surface area contributed by atoms with Gasteiger partial charge in [-0.1, -0.05) is 38.1 Å². The van der Waals surface area contributed by atoms with E-state index in [1.54, 1.807) is 18.3 Å². The summed E-state index contributed by atoms with van der Waals surface area (Å²) in [7, 11) is 1.65. The Morgan fingerprint density at radius 3 is 2.34 bits per heavy atom. The Kier molecular flexibility index (Phi) is 12.3. The normalized spacial score (nSPS) is 17.2. The number of rotatable bonds is 12. The van der Waals surface area contributed by atoms with Crippen molar-refractivity contribution in [2.45, 2.75) is 65.0 Å². The first kappa shape index (κ1) is 43.5. The van der Waals surface area contributed by atoms with Crippen LogP contribution in [0, 0.1) is 5.92 Å². The lowest BCUT2D eigenvalue weighted by atomic mass is 9.95. The van der Waals surface area contributed by atoms with Crippen molar-refractivity contribution >= 4 is 46.1 Å². The number of aromatic nitrogens is 6. The third-order valence-electron chi connectivity index (χ3n) is 12.7. The molecule has 0 aliphatic carbocycles. The Morgan fingerprint density at radius 2 is 1.65 bits per heavy atom. The summed E-state index contributed by atoms with van der Waals surface area (Å²) < 4.78 is 10.9. The molecule has 17 heteroatoms. The molecule has 3 N–H and O–H groups in total. The summed E-state index contributed by atoms with van der Waals surface area (Å²) in [6.07, 6.45) is 6.10. The van der Waals surface area contributed by atoms with Gasteiger partial charge in [0, 0.05) is 111 Å². The SMILES string of the molecule is COCc1cc(-c2ncnc3[nH]c(-c4ccc(N5CCN(CC6CCN(c7ccc(N8CCC(=O)NC8=O)cc7)CC6)CC5)nc4)cc23)ccc1C(C)NC(=O)c1nc(C(C)(C)C)no1. The van der Waals surface area contributed by atoms with Crippen molar-refractivity contribution < 1.29 is 23.6 Å². The number of carbonyl (C=O) groups is 3. The van der Waals surface area contributed by atoms with Gasteiger partial charge in [0.2, 0.25) is 5.91 Å². The van der Waals surface area contributed by atoms with E-state index in [4.69, 9.17) is 19.2 Å². The molecule has 0 spiro atoms. The van der Waals surface area contributed by atoms with Crippen molar-refractivity contribution in [3.8, 4) is 22.5 Å². The van der Waals surface area contributed by atoms with Crippen LogP contribution >= 0.6 is 0 Å². The number of H-pyrrole nitrogens is 1. The number of hydrogen-bond acceptors (Lipinski definition) is 13. The highest BCUT2D eigenvalue weighted by Gasteiger charge is 2.28. The van der Waals surface area contributed by atoms with Crippen LogP contribution in [-0.4, -0.2) is 112 Å². The zero-order valence-electron chi connectivity index (χ0n) is 37.6. The molecule has 0 bridgehead atoms. The Labute approximate surface area is 378 Å². The third kappa shape index (κ3) is 9.56. The molecule has 3 fully saturated rings. The summed E-state index contributed by atoms with van der Waals surface area (Å²) in [5.41, 5.74) is 7.72. The number of ether oxygens (including phenoxy) is 1. The van der Waals surface area contributed by atoms with Crippen LogP contribution in [0.4, 0.5) is 22.0 Å². The standard InChI is InChI=1S/C48H56N12O5/c1-30(52-44(62)45-55-46(56-65-45)48(2,3)4)37-12-6-32(24-34(37)28-64-5)42-38-25-39(53-43(38)51-29-50-42)33-7-13-40(49-26-33)59-22-20-57(21-23-59)27-31-14-17-58(18-15-31)35-8-10-36(11-9-35)60-19-16-41(61)54-47(60)63/h6-13,24-26,29-31H,14-23,27-28H2,1-5H3,(H,52,62)(H,50,51,53)(H,54,61,63). The van der Waals surface area contributed by atoms with Crippen LogP contribution in [0.2, 0.25) is 0 Å². The van der Waals surface area contributed by atoms with Crippen molar-refractivity contribution in [2.24, 2.45) is 5.92 Å². The zero-order chi connectivity index (χ0) is 45.2. The molecule has 9 rings (SSSR count). The number of piperidine rings is 1. The number of nitrogens with one attached hydrogen (secondary N) is 3. The topological polar surface area (TPSA) is 191 Å². The smallest absolute Gasteiger partial charge is 0.328 e. The van der Waals surface area contributed by atoms with Crippen LogP contribution in [0.3, 0.4) is 0 Å². The summed E-state index contributed by atoms with van der Waals surface area (Å²) >= 11 is 0. The maximum absolute atomic E-state index is 13.1. The number of amides is 4. The van der Waals surface area contributed by atoms with Crippen LogP contribution in [0.25, 0.3) is 33.5 Å². The fourth-order valence-electron chi connectivity index (χ4n) is 9.02. The predicted molar refractivity (Wildman–Crippen MR) is 248 cm³/mol. The maximum atomic E-state index is 13.1. The Hall–Kier alpha value is -6.72. The summed E-state index contributed by atoms with van der Waals surface area (Å²) in [4.78, 5) is 67.9. The van der Waals surface area contributed by atoms with Crippen LogP contribution in [0.1, 0.15) is 80.6 Å². The number of imide groups is 1. The molecule has 1 atom stereocenters. The number of methoxy groups -OCH3 is 1. The molecule has 2 aromatic carbocycles. The lowest BCUT2D eigenvalue weighted by molar-refractivity contribution is -0.120. The molecule has 17 nitrogen and oxygen atoms in total. The first-order valence-electron chi connectivity index (χ1n) is 22.4. The van der Waals surface area contributed by atoms with E-state index >= 15 is 0 Å². The van der Waals surface area contributed by atoms with E-state index in [0.29, 0.717) is 31.3 Å². The summed E-state index contributed by atoms with van der Waals surface area (Å²) in [6.45, 7) is 15.5. The van der Waals surface area contributed by atoms with E-state index < -0.39 is 5.91 Å². The van der Waals surface area contributed by atoms with Crippen molar-refractivity contribution in [1.82, 2.24) is 45.6 Å². The van der Waals surface area contributed by atoms with Gasteiger partial charge in [0.05, 0.1) is 18.3 Å². The fourth-order valence-corrected chi connectivity index (χ4v) is 9.02. The van der Waals surface area contributed by atoms with Gasteiger partial charge in [0.25, 0.3) is 0 Å². The highest BCUT2D eigenvalue weighted by Crippen LogP contribution is 2.33. The number of nitrogens with zero attached hydrogens (tertiary/aromatic N) is 9. The number of urea groups is 1. The molecule has 4 aromatic heterocycles. The second-order valence-corrected chi connectivity index (χ2v) is 18.3.